The molecule has 0 aliphatic heterocycles. The van der Waals surface area contributed by atoms with Gasteiger partial charge in [-0.2, -0.15) is 0 Å². The molecule has 16 heavy (non-hydrogen) atoms. The van der Waals surface area contributed by atoms with Crippen LogP contribution in [0.1, 0.15) is 10.4 Å². The highest BCUT2D eigenvalue weighted by atomic mass is 35.5. The Morgan fingerprint density at radius 1 is 1.25 bits per heavy atom. The highest BCUT2D eigenvalue weighted by Crippen LogP contribution is 2.32. The Kier molecular flexibility index (Phi) is 3.64. The van der Waals surface area contributed by atoms with Crippen molar-refractivity contribution in [1.29, 1.82) is 0 Å². The summed E-state index contributed by atoms with van der Waals surface area (Å²) in [6.45, 7) is 3.04. The van der Waals surface area contributed by atoms with Crippen LogP contribution in [-0.2, 0) is 6.54 Å². The van der Waals surface area contributed by atoms with Gasteiger partial charge in [-0.05, 0) is 49.4 Å². The van der Waals surface area contributed by atoms with Crippen molar-refractivity contribution in [1.82, 2.24) is 5.32 Å². The van der Waals surface area contributed by atoms with E-state index in [9.17, 15) is 0 Å². The van der Waals surface area contributed by atoms with E-state index in [4.69, 9.17) is 11.6 Å². The summed E-state index contributed by atoms with van der Waals surface area (Å²) >= 11 is 7.84. The number of rotatable bonds is 3. The average molecular weight is 252 g/mol. The lowest BCUT2D eigenvalue weighted by Gasteiger charge is -2.03. The zero-order valence-electron chi connectivity index (χ0n) is 9.38. The summed E-state index contributed by atoms with van der Waals surface area (Å²) in [5.74, 6) is 0. The molecule has 1 nitrogen and oxygen atoms in total. The van der Waals surface area contributed by atoms with Crippen molar-refractivity contribution >= 4 is 22.9 Å². The molecule has 1 aromatic carbocycles. The molecule has 1 N–H and O–H groups in total. The van der Waals surface area contributed by atoms with Gasteiger partial charge in [0.05, 0.1) is 0 Å². The summed E-state index contributed by atoms with van der Waals surface area (Å²) in [5.41, 5.74) is 2.50. The monoisotopic (exact) mass is 251 g/mol. The fraction of sp³-hybridized carbons (Fsp3) is 0.231. The van der Waals surface area contributed by atoms with Gasteiger partial charge in [-0.15, -0.1) is 11.3 Å². The number of hydrogen-bond acceptors (Lipinski definition) is 2. The number of aryl methyl sites for hydroxylation is 1. The number of halogens is 1. The van der Waals surface area contributed by atoms with Crippen LogP contribution in [0, 0.1) is 6.92 Å². The summed E-state index contributed by atoms with van der Waals surface area (Å²) < 4.78 is 0. The van der Waals surface area contributed by atoms with Crippen molar-refractivity contribution in [3.05, 3.63) is 45.8 Å². The van der Waals surface area contributed by atoms with Crippen LogP contribution in [0.15, 0.2) is 30.3 Å². The summed E-state index contributed by atoms with van der Waals surface area (Å²) in [5, 5.41) is 3.95. The molecule has 0 aliphatic rings. The first-order chi connectivity index (χ1) is 7.70. The second kappa shape index (κ2) is 5.00. The van der Waals surface area contributed by atoms with Crippen LogP contribution in [0.3, 0.4) is 0 Å². The quantitative estimate of drug-likeness (QED) is 0.866. The molecule has 0 unspecified atom stereocenters. The molecule has 0 atom stereocenters. The zero-order valence-corrected chi connectivity index (χ0v) is 11.0. The molecule has 0 saturated carbocycles. The Morgan fingerprint density at radius 2 is 2.06 bits per heavy atom. The molecule has 0 aliphatic carbocycles. The number of hydrogen-bond donors (Lipinski definition) is 1. The van der Waals surface area contributed by atoms with Gasteiger partial charge in [0.25, 0.3) is 0 Å². The molecular formula is C13H14ClNS. The first-order valence-electron chi connectivity index (χ1n) is 5.20. The van der Waals surface area contributed by atoms with Crippen molar-refractivity contribution in [2.75, 3.05) is 7.05 Å². The van der Waals surface area contributed by atoms with Gasteiger partial charge in [-0.3, -0.25) is 0 Å². The van der Waals surface area contributed by atoms with E-state index in [1.54, 1.807) is 0 Å². The molecule has 0 spiro atoms. The predicted octanol–water partition coefficient (Wildman–Crippen LogP) is 4.10. The molecule has 0 radical (unpaired) electrons. The number of benzene rings is 1. The minimum Gasteiger partial charge on any atom is -0.315 e. The van der Waals surface area contributed by atoms with Crippen molar-refractivity contribution in [3.63, 3.8) is 0 Å². The highest BCUT2D eigenvalue weighted by molar-refractivity contribution is 7.15. The van der Waals surface area contributed by atoms with Gasteiger partial charge >= 0.3 is 0 Å². The molecule has 0 bridgehead atoms. The molecule has 1 heterocycles. The van der Waals surface area contributed by atoms with Crippen molar-refractivity contribution in [2.24, 2.45) is 0 Å². The van der Waals surface area contributed by atoms with E-state index in [2.05, 4.69) is 30.4 Å². The highest BCUT2D eigenvalue weighted by Gasteiger charge is 2.06. The zero-order chi connectivity index (χ0) is 11.5. The maximum absolute atomic E-state index is 6.03. The van der Waals surface area contributed by atoms with E-state index in [1.165, 1.54) is 20.9 Å². The fourth-order valence-electron chi connectivity index (χ4n) is 1.65. The third-order valence-corrected chi connectivity index (χ3v) is 3.83. The maximum Gasteiger partial charge on any atom is 0.0412 e. The third-order valence-electron chi connectivity index (χ3n) is 2.48. The Balaban J connectivity index is 2.38. The Labute approximate surface area is 105 Å². The van der Waals surface area contributed by atoms with E-state index in [0.717, 1.165) is 11.6 Å². The Hall–Kier alpha value is -0.830. The van der Waals surface area contributed by atoms with E-state index in [0.29, 0.717) is 0 Å². The minimum atomic E-state index is 0.796. The molecule has 0 saturated heterocycles. The van der Waals surface area contributed by atoms with Crippen LogP contribution in [0.4, 0.5) is 0 Å². The van der Waals surface area contributed by atoms with Crippen LogP contribution < -0.4 is 5.32 Å². The number of thiophene rings is 1. The lowest BCUT2D eigenvalue weighted by Crippen LogP contribution is -2.02. The third kappa shape index (κ3) is 2.46. The normalized spacial score (nSPS) is 10.7. The van der Waals surface area contributed by atoms with Crippen LogP contribution in [0.25, 0.3) is 10.4 Å². The predicted molar refractivity (Wildman–Crippen MR) is 72.3 cm³/mol. The standard InChI is InChI=1S/C13H14ClNS/c1-9-3-4-10(14)7-12(9)13-6-5-11(16-13)8-15-2/h3-7,15H,8H2,1-2H3. The van der Waals surface area contributed by atoms with Crippen LogP contribution in [-0.4, -0.2) is 7.05 Å². The van der Waals surface area contributed by atoms with Gasteiger partial charge in [0.1, 0.15) is 0 Å². The maximum atomic E-state index is 6.03. The first-order valence-corrected chi connectivity index (χ1v) is 6.40. The average Bonchev–Trinajstić information content (AvgIpc) is 2.71. The van der Waals surface area contributed by atoms with Gasteiger partial charge in [0, 0.05) is 21.3 Å². The van der Waals surface area contributed by atoms with E-state index in [-0.39, 0.29) is 0 Å². The summed E-state index contributed by atoms with van der Waals surface area (Å²) in [6.07, 6.45) is 0. The van der Waals surface area contributed by atoms with Crippen molar-refractivity contribution in [2.45, 2.75) is 13.5 Å². The SMILES string of the molecule is CNCc1ccc(-c2cc(Cl)ccc2C)s1. The molecule has 2 aromatic rings. The van der Waals surface area contributed by atoms with Crippen molar-refractivity contribution < 1.29 is 0 Å². The largest absolute Gasteiger partial charge is 0.315 e. The fourth-order valence-corrected chi connectivity index (χ4v) is 2.92. The van der Waals surface area contributed by atoms with Gasteiger partial charge in [0.2, 0.25) is 0 Å². The molecule has 0 amide bonds. The lowest BCUT2D eigenvalue weighted by atomic mass is 10.1. The summed E-state index contributed by atoms with van der Waals surface area (Å²) in [7, 11) is 1.96. The lowest BCUT2D eigenvalue weighted by molar-refractivity contribution is 0.831. The second-order valence-electron chi connectivity index (χ2n) is 3.76. The number of nitrogens with one attached hydrogen (secondary N) is 1. The minimum absolute atomic E-state index is 0.796. The first kappa shape index (κ1) is 11.6. The second-order valence-corrected chi connectivity index (χ2v) is 5.36. The molecule has 2 rings (SSSR count). The molecule has 0 fully saturated rings. The Morgan fingerprint density at radius 3 is 2.81 bits per heavy atom. The summed E-state index contributed by atoms with van der Waals surface area (Å²) in [4.78, 5) is 2.63. The van der Waals surface area contributed by atoms with Crippen LogP contribution in [0.2, 0.25) is 5.02 Å². The van der Waals surface area contributed by atoms with Gasteiger partial charge in [-0.1, -0.05) is 17.7 Å². The van der Waals surface area contributed by atoms with E-state index < -0.39 is 0 Å². The summed E-state index contributed by atoms with van der Waals surface area (Å²) in [6, 6.07) is 10.4. The van der Waals surface area contributed by atoms with Crippen LogP contribution in [0.5, 0.6) is 0 Å². The molecule has 1 aromatic heterocycles. The topological polar surface area (TPSA) is 12.0 Å². The van der Waals surface area contributed by atoms with E-state index >= 15 is 0 Å². The Bertz CT molecular complexity index is 490. The molecule has 3 heteroatoms. The van der Waals surface area contributed by atoms with Crippen molar-refractivity contribution in [3.8, 4) is 10.4 Å². The van der Waals surface area contributed by atoms with Gasteiger partial charge < -0.3 is 5.32 Å². The molecular weight excluding hydrogens is 238 g/mol. The van der Waals surface area contributed by atoms with E-state index in [1.807, 2.05) is 30.5 Å². The van der Waals surface area contributed by atoms with Crippen LogP contribution >= 0.6 is 22.9 Å². The smallest absolute Gasteiger partial charge is 0.0412 e. The van der Waals surface area contributed by atoms with Gasteiger partial charge in [-0.25, -0.2) is 0 Å². The van der Waals surface area contributed by atoms with Gasteiger partial charge in [0.15, 0.2) is 0 Å². The molecule has 84 valence electrons.